The summed E-state index contributed by atoms with van der Waals surface area (Å²) in [4.78, 5) is 28.2. The van der Waals surface area contributed by atoms with E-state index in [1.807, 2.05) is 43.5 Å². The summed E-state index contributed by atoms with van der Waals surface area (Å²) in [7, 11) is 1.62. The van der Waals surface area contributed by atoms with Gasteiger partial charge in [0, 0.05) is 55.8 Å². The first-order valence-electron chi connectivity index (χ1n) is 11.9. The van der Waals surface area contributed by atoms with Crippen molar-refractivity contribution in [3.8, 4) is 5.88 Å². The summed E-state index contributed by atoms with van der Waals surface area (Å²) in [5.41, 5.74) is 4.78. The van der Waals surface area contributed by atoms with Gasteiger partial charge in [-0.05, 0) is 50.1 Å². The minimum Gasteiger partial charge on any atom is -0.481 e. The van der Waals surface area contributed by atoms with E-state index in [1.165, 1.54) is 11.8 Å². The lowest BCUT2D eigenvalue weighted by Gasteiger charge is -2.16. The van der Waals surface area contributed by atoms with Gasteiger partial charge in [0.2, 0.25) is 5.88 Å². The van der Waals surface area contributed by atoms with E-state index < -0.39 is 0 Å². The molecular weight excluding hydrogens is 462 g/mol. The van der Waals surface area contributed by atoms with Gasteiger partial charge in [-0.3, -0.25) is 14.8 Å². The minimum atomic E-state index is -0.352. The fraction of sp³-hybridized carbons (Fsp3) is 0.462. The predicted octanol–water partition coefficient (Wildman–Crippen LogP) is 2.65. The zero-order valence-corrected chi connectivity index (χ0v) is 21.3. The molecule has 0 amide bonds. The van der Waals surface area contributed by atoms with Crippen molar-refractivity contribution in [2.45, 2.75) is 37.8 Å². The third kappa shape index (κ3) is 6.76. The summed E-state index contributed by atoms with van der Waals surface area (Å²) in [6.07, 6.45) is 2.31. The Kier molecular flexibility index (Phi) is 8.67. The number of aromatic nitrogens is 3. The van der Waals surface area contributed by atoms with Crippen LogP contribution in [0.2, 0.25) is 0 Å². The molecule has 2 atom stereocenters. The zero-order valence-electron chi connectivity index (χ0n) is 20.5. The molecule has 0 bridgehead atoms. The highest BCUT2D eigenvalue weighted by atomic mass is 32.2. The van der Waals surface area contributed by atoms with Crippen molar-refractivity contribution < 1.29 is 14.6 Å². The van der Waals surface area contributed by atoms with Crippen LogP contribution in [-0.2, 0) is 17.8 Å². The summed E-state index contributed by atoms with van der Waals surface area (Å²) >= 11 is 1.53. The molecule has 0 spiro atoms. The predicted molar refractivity (Wildman–Crippen MR) is 138 cm³/mol. The number of carbonyl (C=O) groups excluding carboxylic acids is 1. The van der Waals surface area contributed by atoms with Gasteiger partial charge in [0.15, 0.2) is 0 Å². The van der Waals surface area contributed by atoms with Crippen LogP contribution in [0.3, 0.4) is 0 Å². The second-order valence-corrected chi connectivity index (χ2v) is 10.1. The number of β-amino-alcohol motifs (C(OH)–C–C–N with tert-alkyl or cyclic N) is 1. The van der Waals surface area contributed by atoms with Gasteiger partial charge in [-0.1, -0.05) is 0 Å². The van der Waals surface area contributed by atoms with Crippen LogP contribution >= 0.6 is 11.8 Å². The van der Waals surface area contributed by atoms with Crippen LogP contribution < -0.4 is 10.1 Å². The quantitative estimate of drug-likeness (QED) is 0.389. The van der Waals surface area contributed by atoms with Gasteiger partial charge in [0.25, 0.3) is 0 Å². The van der Waals surface area contributed by atoms with Gasteiger partial charge in [-0.2, -0.15) is 0 Å². The molecule has 0 saturated carbocycles. The largest absolute Gasteiger partial charge is 0.481 e. The number of ketones is 1. The molecule has 2 N–H and O–H groups in total. The van der Waals surface area contributed by atoms with E-state index in [9.17, 15) is 9.90 Å². The number of methoxy groups -OCH3 is 1. The maximum Gasteiger partial charge on any atom is 0.213 e. The molecule has 4 rings (SSSR count). The van der Waals surface area contributed by atoms with Gasteiger partial charge in [0.1, 0.15) is 5.78 Å². The van der Waals surface area contributed by atoms with Gasteiger partial charge in [-0.15, -0.1) is 11.8 Å². The molecule has 0 radical (unpaired) electrons. The Morgan fingerprint density at radius 3 is 2.86 bits per heavy atom. The fourth-order valence-corrected chi connectivity index (χ4v) is 5.17. The smallest absolute Gasteiger partial charge is 0.213 e. The van der Waals surface area contributed by atoms with Gasteiger partial charge in [0.05, 0.1) is 41.4 Å². The third-order valence-electron chi connectivity index (χ3n) is 6.27. The van der Waals surface area contributed by atoms with E-state index in [0.29, 0.717) is 24.7 Å². The molecule has 35 heavy (non-hydrogen) atoms. The molecule has 0 aliphatic carbocycles. The highest BCUT2D eigenvalue weighted by Crippen LogP contribution is 2.23. The molecule has 8 nitrogen and oxygen atoms in total. The molecule has 9 heteroatoms. The van der Waals surface area contributed by atoms with Crippen LogP contribution in [-0.4, -0.2) is 75.9 Å². The van der Waals surface area contributed by atoms with Crippen LogP contribution in [0, 0.1) is 12.8 Å². The molecule has 1 aliphatic heterocycles. The van der Waals surface area contributed by atoms with Crippen molar-refractivity contribution in [1.29, 1.82) is 0 Å². The van der Waals surface area contributed by atoms with Crippen LogP contribution in [0.1, 0.15) is 23.9 Å². The maximum absolute atomic E-state index is 11.2. The minimum absolute atomic E-state index is 0.162. The molecule has 2 unspecified atom stereocenters. The number of nitrogens with zero attached hydrogens (tertiary/aromatic N) is 4. The highest BCUT2D eigenvalue weighted by Gasteiger charge is 2.30. The third-order valence-corrected chi connectivity index (χ3v) is 7.56. The van der Waals surface area contributed by atoms with Crippen LogP contribution in [0.4, 0.5) is 0 Å². The highest BCUT2D eigenvalue weighted by molar-refractivity contribution is 8.00. The number of pyridine rings is 3. The van der Waals surface area contributed by atoms with Crippen molar-refractivity contribution in [1.82, 2.24) is 25.2 Å². The number of rotatable bonds is 11. The second kappa shape index (κ2) is 11.9. The number of nitrogens with one attached hydrogen (secondary N) is 1. The van der Waals surface area contributed by atoms with Crippen LogP contribution in [0.5, 0.6) is 5.88 Å². The second-order valence-electron chi connectivity index (χ2n) is 9.04. The number of hydrogen-bond acceptors (Lipinski definition) is 9. The topological polar surface area (TPSA) is 100 Å². The molecule has 1 aliphatic rings. The van der Waals surface area contributed by atoms with E-state index in [-0.39, 0.29) is 17.8 Å². The summed E-state index contributed by atoms with van der Waals surface area (Å²) in [5, 5.41) is 14.1. The summed E-state index contributed by atoms with van der Waals surface area (Å²) in [6.45, 7) is 7.33. The standard InChI is InChI=1S/C26H33N5O3S/c1-17(32)16-35-24-6-4-21(29-18(24)2)13-27-12-20-14-31(15-23(20)33)11-9-19-8-10-28-22-5-7-25(34-3)30-26(19)22/h4-8,10,20,23,27,33H,9,11-16H2,1-3H3. The van der Waals surface area contributed by atoms with Crippen LogP contribution in [0.15, 0.2) is 41.4 Å². The summed E-state index contributed by atoms with van der Waals surface area (Å²) < 4.78 is 5.28. The maximum atomic E-state index is 11.2. The van der Waals surface area contributed by atoms with Crippen molar-refractivity contribution in [3.63, 3.8) is 0 Å². The molecule has 1 fully saturated rings. The molecule has 3 aromatic heterocycles. The van der Waals surface area contributed by atoms with E-state index in [1.54, 1.807) is 14.0 Å². The van der Waals surface area contributed by atoms with E-state index in [2.05, 4.69) is 25.2 Å². The molecule has 3 aromatic rings. The van der Waals surface area contributed by atoms with Gasteiger partial charge >= 0.3 is 0 Å². The number of thioether (sulfide) groups is 1. The summed E-state index contributed by atoms with van der Waals surface area (Å²) in [5.74, 6) is 1.39. The summed E-state index contributed by atoms with van der Waals surface area (Å²) in [6, 6.07) is 9.81. The first kappa shape index (κ1) is 25.5. The lowest BCUT2D eigenvalue weighted by molar-refractivity contribution is -0.114. The first-order chi connectivity index (χ1) is 16.9. The number of fused-ring (bicyclic) bond motifs is 1. The Bertz CT molecular complexity index is 1170. The SMILES string of the molecule is COc1ccc2nccc(CCN3CC(O)C(CNCc4ccc(SCC(C)=O)c(C)n4)C3)c2n1. The Hall–Kier alpha value is -2.59. The number of ether oxygens (including phenoxy) is 1. The number of aliphatic hydroxyl groups excluding tert-OH is 1. The van der Waals surface area contributed by atoms with Gasteiger partial charge < -0.3 is 20.1 Å². The van der Waals surface area contributed by atoms with Crippen LogP contribution in [0.25, 0.3) is 11.0 Å². The normalized spacial score (nSPS) is 18.3. The number of aliphatic hydroxyl groups is 1. The lowest BCUT2D eigenvalue weighted by atomic mass is 10.1. The first-order valence-corrected chi connectivity index (χ1v) is 12.9. The Balaban J connectivity index is 1.26. The fourth-order valence-electron chi connectivity index (χ4n) is 4.40. The Morgan fingerprint density at radius 2 is 2.09 bits per heavy atom. The molecule has 1 saturated heterocycles. The van der Waals surface area contributed by atoms with Crippen molar-refractivity contribution >= 4 is 28.6 Å². The number of likely N-dealkylation sites (tertiary alicyclic amines) is 1. The number of carbonyl (C=O) groups is 1. The number of Topliss-reactive ketones (excluding diaryl/α,β-unsaturated/α-hetero) is 1. The lowest BCUT2D eigenvalue weighted by Crippen LogP contribution is -2.30. The molecule has 0 aromatic carbocycles. The molecular formula is C26H33N5O3S. The van der Waals surface area contributed by atoms with Crippen molar-refractivity contribution in [2.75, 3.05) is 39.0 Å². The van der Waals surface area contributed by atoms with Crippen molar-refractivity contribution in [3.05, 3.63) is 53.5 Å². The Morgan fingerprint density at radius 1 is 1.23 bits per heavy atom. The van der Waals surface area contributed by atoms with E-state index >= 15 is 0 Å². The van der Waals surface area contributed by atoms with Gasteiger partial charge in [-0.25, -0.2) is 4.98 Å². The van der Waals surface area contributed by atoms with Crippen molar-refractivity contribution in [2.24, 2.45) is 5.92 Å². The zero-order chi connectivity index (χ0) is 24.8. The number of hydrogen-bond donors (Lipinski definition) is 2. The van der Waals surface area contributed by atoms with E-state index in [0.717, 1.165) is 58.9 Å². The number of aryl methyl sites for hydroxylation is 1. The average molecular weight is 496 g/mol. The molecule has 4 heterocycles. The average Bonchev–Trinajstić information content (AvgIpc) is 3.20. The molecule has 186 valence electrons. The Labute approximate surface area is 210 Å². The monoisotopic (exact) mass is 495 g/mol. The van der Waals surface area contributed by atoms with E-state index in [4.69, 9.17) is 4.74 Å².